The molecule has 1 aromatic heterocycles. The van der Waals surface area contributed by atoms with E-state index in [0.29, 0.717) is 12.1 Å². The van der Waals surface area contributed by atoms with Crippen LogP contribution in [0.25, 0.3) is 0 Å². The van der Waals surface area contributed by atoms with Crippen molar-refractivity contribution in [2.24, 2.45) is 5.92 Å². The number of nitrogens with zero attached hydrogens (tertiary/aromatic N) is 1. The van der Waals surface area contributed by atoms with Crippen LogP contribution < -0.4 is 5.32 Å². The number of hydrogen-bond donors (Lipinski definition) is 1. The second-order valence-corrected chi connectivity index (χ2v) is 5.26. The van der Waals surface area contributed by atoms with Crippen molar-refractivity contribution >= 4 is 0 Å². The maximum atomic E-state index is 5.82. The Morgan fingerprint density at radius 2 is 2.24 bits per heavy atom. The van der Waals surface area contributed by atoms with E-state index < -0.39 is 0 Å². The number of hydrogen-bond acceptors (Lipinski definition) is 3. The second kappa shape index (κ2) is 4.75. The maximum absolute atomic E-state index is 5.82. The topological polar surface area (TPSA) is 34.1 Å². The largest absolute Gasteiger partial charge is 0.376 e. The predicted octanol–water partition coefficient (Wildman–Crippen LogP) is 2.05. The zero-order chi connectivity index (χ0) is 11.7. The summed E-state index contributed by atoms with van der Waals surface area (Å²) < 4.78 is 5.82. The molecule has 0 aromatic carbocycles. The molecule has 3 rings (SSSR count). The van der Waals surface area contributed by atoms with Gasteiger partial charge < -0.3 is 10.1 Å². The zero-order valence-electron chi connectivity index (χ0n) is 10.4. The second-order valence-electron chi connectivity index (χ2n) is 5.26. The molecular formula is C14H20N2O. The molecule has 17 heavy (non-hydrogen) atoms. The van der Waals surface area contributed by atoms with E-state index in [2.05, 4.69) is 22.4 Å². The minimum Gasteiger partial charge on any atom is -0.376 e. The number of pyridine rings is 1. The highest BCUT2D eigenvalue weighted by molar-refractivity contribution is 5.13. The van der Waals surface area contributed by atoms with Crippen molar-refractivity contribution < 1.29 is 4.74 Å². The van der Waals surface area contributed by atoms with E-state index in [0.717, 1.165) is 31.2 Å². The molecule has 1 aromatic rings. The summed E-state index contributed by atoms with van der Waals surface area (Å²) in [6.45, 7) is 3.85. The first-order valence-electron chi connectivity index (χ1n) is 6.59. The summed E-state index contributed by atoms with van der Waals surface area (Å²) in [6.07, 6.45) is 6.29. The minimum atomic E-state index is 0.466. The number of nitrogens with one attached hydrogen (secondary N) is 1. The molecule has 0 radical (unpaired) electrons. The molecular weight excluding hydrogens is 212 g/mol. The number of ether oxygens (including phenoxy) is 1. The quantitative estimate of drug-likeness (QED) is 0.862. The van der Waals surface area contributed by atoms with Crippen LogP contribution in [0.5, 0.6) is 0 Å². The fourth-order valence-corrected chi connectivity index (χ4v) is 2.57. The van der Waals surface area contributed by atoms with Gasteiger partial charge in [-0.05, 0) is 43.7 Å². The van der Waals surface area contributed by atoms with E-state index in [9.17, 15) is 0 Å². The number of aromatic nitrogens is 1. The Morgan fingerprint density at radius 1 is 1.35 bits per heavy atom. The number of rotatable bonds is 4. The molecule has 3 nitrogen and oxygen atoms in total. The molecule has 1 aliphatic heterocycles. The van der Waals surface area contributed by atoms with Crippen LogP contribution >= 0.6 is 0 Å². The first-order chi connectivity index (χ1) is 8.33. The molecule has 1 aliphatic carbocycles. The Balaban J connectivity index is 1.54. The Labute approximate surface area is 103 Å². The highest BCUT2D eigenvalue weighted by Gasteiger charge is 2.40. The molecule has 2 atom stereocenters. The van der Waals surface area contributed by atoms with E-state index in [1.165, 1.54) is 18.4 Å². The van der Waals surface area contributed by atoms with E-state index >= 15 is 0 Å². The van der Waals surface area contributed by atoms with E-state index in [1.807, 2.05) is 13.1 Å². The van der Waals surface area contributed by atoms with Gasteiger partial charge in [-0.2, -0.15) is 0 Å². The lowest BCUT2D eigenvalue weighted by Gasteiger charge is -2.19. The smallest absolute Gasteiger partial charge is 0.0757 e. The Bertz CT molecular complexity index is 372. The van der Waals surface area contributed by atoms with Gasteiger partial charge in [0, 0.05) is 31.1 Å². The molecule has 3 heteroatoms. The molecule has 1 saturated carbocycles. The van der Waals surface area contributed by atoms with Crippen LogP contribution in [0, 0.1) is 12.8 Å². The third-order valence-corrected chi connectivity index (χ3v) is 3.76. The standard InChI is InChI=1S/C14H20N2O/c1-10-2-3-11(8-15-10)9-16-13-6-7-17-14(13)12-4-5-12/h2-3,8,12-14,16H,4-7,9H2,1H3. The Hall–Kier alpha value is -0.930. The monoisotopic (exact) mass is 232 g/mol. The van der Waals surface area contributed by atoms with Crippen LogP contribution in [0.3, 0.4) is 0 Å². The van der Waals surface area contributed by atoms with Crippen molar-refractivity contribution in [3.8, 4) is 0 Å². The van der Waals surface area contributed by atoms with Gasteiger partial charge in [-0.25, -0.2) is 0 Å². The maximum Gasteiger partial charge on any atom is 0.0757 e. The molecule has 92 valence electrons. The van der Waals surface area contributed by atoms with Crippen molar-refractivity contribution in [3.05, 3.63) is 29.6 Å². The van der Waals surface area contributed by atoms with E-state index in [1.54, 1.807) is 0 Å². The van der Waals surface area contributed by atoms with Crippen LogP contribution in [0.1, 0.15) is 30.5 Å². The lowest BCUT2D eigenvalue weighted by atomic mass is 10.1. The van der Waals surface area contributed by atoms with Crippen LogP contribution in [0.15, 0.2) is 18.3 Å². The van der Waals surface area contributed by atoms with Crippen LogP contribution in [0.4, 0.5) is 0 Å². The van der Waals surface area contributed by atoms with Gasteiger partial charge in [0.25, 0.3) is 0 Å². The van der Waals surface area contributed by atoms with Gasteiger partial charge in [-0.3, -0.25) is 4.98 Å². The Morgan fingerprint density at radius 3 is 2.94 bits per heavy atom. The fourth-order valence-electron chi connectivity index (χ4n) is 2.57. The highest BCUT2D eigenvalue weighted by atomic mass is 16.5. The van der Waals surface area contributed by atoms with Gasteiger partial charge in [0.15, 0.2) is 0 Å². The van der Waals surface area contributed by atoms with Gasteiger partial charge in [0.05, 0.1) is 6.10 Å². The molecule has 1 saturated heterocycles. The van der Waals surface area contributed by atoms with Crippen LogP contribution in [0.2, 0.25) is 0 Å². The molecule has 0 spiro atoms. The summed E-state index contributed by atoms with van der Waals surface area (Å²) in [6, 6.07) is 4.77. The van der Waals surface area contributed by atoms with Crippen molar-refractivity contribution in [1.29, 1.82) is 0 Å². The molecule has 2 unspecified atom stereocenters. The summed E-state index contributed by atoms with van der Waals surface area (Å²) in [5.41, 5.74) is 2.34. The summed E-state index contributed by atoms with van der Waals surface area (Å²) in [5.74, 6) is 0.825. The van der Waals surface area contributed by atoms with Crippen molar-refractivity contribution in [2.45, 2.75) is 44.9 Å². The SMILES string of the molecule is Cc1ccc(CNC2CCOC2C2CC2)cn1. The predicted molar refractivity (Wildman–Crippen MR) is 66.7 cm³/mol. The minimum absolute atomic E-state index is 0.466. The van der Waals surface area contributed by atoms with E-state index in [-0.39, 0.29) is 0 Å². The molecule has 2 heterocycles. The van der Waals surface area contributed by atoms with Gasteiger partial charge >= 0.3 is 0 Å². The molecule has 0 amide bonds. The van der Waals surface area contributed by atoms with Crippen LogP contribution in [-0.4, -0.2) is 23.7 Å². The van der Waals surface area contributed by atoms with Gasteiger partial charge in [-0.15, -0.1) is 0 Å². The van der Waals surface area contributed by atoms with Crippen molar-refractivity contribution in [3.63, 3.8) is 0 Å². The van der Waals surface area contributed by atoms with Gasteiger partial charge in [0.1, 0.15) is 0 Å². The number of aryl methyl sites for hydroxylation is 1. The third-order valence-electron chi connectivity index (χ3n) is 3.76. The molecule has 2 aliphatic rings. The summed E-state index contributed by atoms with van der Waals surface area (Å²) >= 11 is 0. The molecule has 2 fully saturated rings. The lowest BCUT2D eigenvalue weighted by Crippen LogP contribution is -2.37. The zero-order valence-corrected chi connectivity index (χ0v) is 10.4. The van der Waals surface area contributed by atoms with Crippen LogP contribution in [-0.2, 0) is 11.3 Å². The normalized spacial score (nSPS) is 28.5. The average Bonchev–Trinajstić information content (AvgIpc) is 3.08. The molecule has 1 N–H and O–H groups in total. The summed E-state index contributed by atoms with van der Waals surface area (Å²) in [7, 11) is 0. The summed E-state index contributed by atoms with van der Waals surface area (Å²) in [4.78, 5) is 4.32. The average molecular weight is 232 g/mol. The first-order valence-corrected chi connectivity index (χ1v) is 6.59. The molecule has 0 bridgehead atoms. The third kappa shape index (κ3) is 2.67. The highest BCUT2D eigenvalue weighted by Crippen LogP contribution is 2.38. The summed E-state index contributed by atoms with van der Waals surface area (Å²) in [5, 5.41) is 3.62. The first kappa shape index (κ1) is 11.2. The van der Waals surface area contributed by atoms with Crippen molar-refractivity contribution in [1.82, 2.24) is 10.3 Å². The van der Waals surface area contributed by atoms with Crippen molar-refractivity contribution in [2.75, 3.05) is 6.61 Å². The lowest BCUT2D eigenvalue weighted by molar-refractivity contribution is 0.0809. The van der Waals surface area contributed by atoms with Gasteiger partial charge in [0.2, 0.25) is 0 Å². The van der Waals surface area contributed by atoms with Gasteiger partial charge in [-0.1, -0.05) is 6.07 Å². The fraction of sp³-hybridized carbons (Fsp3) is 0.643. The Kier molecular flexibility index (Phi) is 3.12. The van der Waals surface area contributed by atoms with E-state index in [4.69, 9.17) is 4.74 Å².